The molecule has 2 saturated carbocycles. The van der Waals surface area contributed by atoms with Gasteiger partial charge in [0.05, 0.1) is 0 Å². The van der Waals surface area contributed by atoms with Gasteiger partial charge in [0.2, 0.25) is 0 Å². The van der Waals surface area contributed by atoms with E-state index in [-0.39, 0.29) is 11.7 Å². The molecule has 0 spiro atoms. The predicted molar refractivity (Wildman–Crippen MR) is 56.5 cm³/mol. The molecular formula is C11H15BNO. The van der Waals surface area contributed by atoms with Gasteiger partial charge in [-0.25, -0.2) is 0 Å². The summed E-state index contributed by atoms with van der Waals surface area (Å²) in [5, 5.41) is 3.54. The molecule has 0 amide bonds. The molecule has 1 N–H and O–H groups in total. The zero-order valence-electron chi connectivity index (χ0n) is 8.33. The fraction of sp³-hybridized carbons (Fsp3) is 0.818. The van der Waals surface area contributed by atoms with Crippen molar-refractivity contribution in [2.24, 2.45) is 17.8 Å². The van der Waals surface area contributed by atoms with Crippen LogP contribution in [0.5, 0.6) is 0 Å². The molecule has 1 radical (unpaired) electrons. The summed E-state index contributed by atoms with van der Waals surface area (Å²) in [5.74, 6) is 1.46. The Morgan fingerprint density at radius 3 is 2.93 bits per heavy atom. The molecule has 0 bridgehead atoms. The maximum atomic E-state index is 11.9. The molecular weight excluding hydrogens is 173 g/mol. The van der Waals surface area contributed by atoms with E-state index in [4.69, 9.17) is 7.49 Å². The number of carbonyl (C=O) groups is 1. The average molecular weight is 188 g/mol. The molecule has 4 atom stereocenters. The first kappa shape index (κ1) is 8.84. The van der Waals surface area contributed by atoms with Crippen molar-refractivity contribution >= 4 is 18.7 Å². The van der Waals surface area contributed by atoms with Gasteiger partial charge in [0.25, 0.3) is 0 Å². The Hall–Kier alpha value is -0.435. The van der Waals surface area contributed by atoms with Crippen molar-refractivity contribution in [2.75, 3.05) is 6.54 Å². The van der Waals surface area contributed by atoms with Gasteiger partial charge in [-0.3, -0.25) is 0 Å². The molecule has 14 heavy (non-hydrogen) atoms. The maximum absolute atomic E-state index is 11.9. The van der Waals surface area contributed by atoms with Crippen LogP contribution in [0.3, 0.4) is 0 Å². The Labute approximate surface area is 85.5 Å². The third-order valence-corrected chi connectivity index (χ3v) is 4.31. The van der Waals surface area contributed by atoms with Crippen molar-refractivity contribution in [3.8, 4) is 0 Å². The number of ketones is 1. The van der Waals surface area contributed by atoms with E-state index in [0.717, 1.165) is 19.4 Å². The molecule has 3 heteroatoms. The Balaban J connectivity index is 1.98. The van der Waals surface area contributed by atoms with E-state index in [9.17, 15) is 4.79 Å². The minimum absolute atomic E-state index is 0.256. The van der Waals surface area contributed by atoms with E-state index >= 15 is 0 Å². The van der Waals surface area contributed by atoms with Crippen molar-refractivity contribution in [3.05, 3.63) is 0 Å². The first-order valence-electron chi connectivity index (χ1n) is 5.69. The second kappa shape index (κ2) is 3.03. The number of Topliss-reactive ketones (excluding diaryl/α,β-unsaturated/α-hetero) is 1. The number of piperidine rings is 1. The summed E-state index contributed by atoms with van der Waals surface area (Å²) in [6.07, 6.45) is 4.59. The molecule has 3 fully saturated rings. The molecule has 2 aliphatic carbocycles. The second-order valence-electron chi connectivity index (χ2n) is 4.89. The van der Waals surface area contributed by atoms with Gasteiger partial charge in [-0.05, 0) is 0 Å². The zero-order valence-corrected chi connectivity index (χ0v) is 8.33. The fourth-order valence-electron chi connectivity index (χ4n) is 3.70. The van der Waals surface area contributed by atoms with Gasteiger partial charge in [-0.15, -0.1) is 0 Å². The monoisotopic (exact) mass is 188 g/mol. The third-order valence-electron chi connectivity index (χ3n) is 4.31. The zero-order chi connectivity index (χ0) is 9.71. The normalized spacial score (nSPS) is 46.5. The van der Waals surface area contributed by atoms with Crippen LogP contribution in [0.1, 0.15) is 25.7 Å². The first-order valence-corrected chi connectivity index (χ1v) is 5.69. The molecule has 0 aromatic heterocycles. The van der Waals surface area contributed by atoms with Gasteiger partial charge in [-0.2, -0.15) is 0 Å². The standard InChI is InChI=1S/C11H15BNO/c12-10-6-2-1-3-8-9(6)7(11(10)14)4-5-13-8/h6-9,13H,1-5H2. The van der Waals surface area contributed by atoms with Gasteiger partial charge < -0.3 is 0 Å². The van der Waals surface area contributed by atoms with Crippen LogP contribution >= 0.6 is 0 Å². The van der Waals surface area contributed by atoms with E-state index in [1.54, 1.807) is 0 Å². The second-order valence-corrected chi connectivity index (χ2v) is 4.89. The van der Waals surface area contributed by atoms with Crippen LogP contribution in [-0.2, 0) is 4.79 Å². The van der Waals surface area contributed by atoms with E-state index in [1.165, 1.54) is 12.8 Å². The van der Waals surface area contributed by atoms with E-state index in [0.29, 0.717) is 23.3 Å². The molecule has 0 aromatic rings. The molecule has 3 rings (SSSR count). The van der Waals surface area contributed by atoms with Crippen molar-refractivity contribution in [2.45, 2.75) is 31.7 Å². The average Bonchev–Trinajstić information content (AvgIpc) is 2.47. The van der Waals surface area contributed by atoms with Gasteiger partial charge >= 0.3 is 84.9 Å². The summed E-state index contributed by atoms with van der Waals surface area (Å²) >= 11 is 0. The van der Waals surface area contributed by atoms with Crippen LogP contribution in [0.25, 0.3) is 0 Å². The van der Waals surface area contributed by atoms with Gasteiger partial charge in [0, 0.05) is 0 Å². The summed E-state index contributed by atoms with van der Waals surface area (Å²) in [4.78, 5) is 11.9. The van der Waals surface area contributed by atoms with E-state index in [1.807, 2.05) is 0 Å². The van der Waals surface area contributed by atoms with Crippen molar-refractivity contribution in [3.63, 3.8) is 0 Å². The molecule has 1 aliphatic heterocycles. The SMILES string of the molecule is [B]=C1C(=O)C2CCNC3CCCC1C32. The Morgan fingerprint density at radius 2 is 2.07 bits per heavy atom. The summed E-state index contributed by atoms with van der Waals surface area (Å²) < 4.78 is 0. The number of hydrogen-bond donors (Lipinski definition) is 1. The van der Waals surface area contributed by atoms with E-state index in [2.05, 4.69) is 5.32 Å². The van der Waals surface area contributed by atoms with E-state index < -0.39 is 0 Å². The third kappa shape index (κ3) is 1.02. The van der Waals surface area contributed by atoms with Crippen LogP contribution in [0.4, 0.5) is 0 Å². The molecule has 4 unspecified atom stereocenters. The Kier molecular flexibility index (Phi) is 1.91. The molecule has 1 heterocycles. The van der Waals surface area contributed by atoms with Crippen LogP contribution in [0.2, 0.25) is 0 Å². The number of rotatable bonds is 0. The quantitative estimate of drug-likeness (QED) is 0.554. The molecule has 0 aromatic carbocycles. The molecule has 2 nitrogen and oxygen atoms in total. The van der Waals surface area contributed by atoms with Crippen molar-refractivity contribution < 1.29 is 4.79 Å². The van der Waals surface area contributed by atoms with Gasteiger partial charge in [0.15, 0.2) is 0 Å². The van der Waals surface area contributed by atoms with Crippen LogP contribution < -0.4 is 5.32 Å². The van der Waals surface area contributed by atoms with Crippen molar-refractivity contribution in [1.29, 1.82) is 0 Å². The predicted octanol–water partition coefficient (Wildman–Crippen LogP) is 0.304. The van der Waals surface area contributed by atoms with Crippen molar-refractivity contribution in [1.82, 2.24) is 5.32 Å². The van der Waals surface area contributed by atoms with Crippen LogP contribution in [-0.4, -0.2) is 31.3 Å². The Bertz CT molecular complexity index is 274. The van der Waals surface area contributed by atoms with Gasteiger partial charge in [0.1, 0.15) is 0 Å². The molecule has 3 aliphatic rings. The van der Waals surface area contributed by atoms with Crippen LogP contribution in [0, 0.1) is 17.8 Å². The fourth-order valence-corrected chi connectivity index (χ4v) is 3.70. The summed E-state index contributed by atoms with van der Waals surface area (Å²) in [6, 6.07) is 0.567. The Morgan fingerprint density at radius 1 is 1.21 bits per heavy atom. The summed E-state index contributed by atoms with van der Waals surface area (Å²) in [5.41, 5.74) is 0.688. The molecule has 73 valence electrons. The topological polar surface area (TPSA) is 29.1 Å². The minimum atomic E-state index is 0.256. The number of hydrogen-bond acceptors (Lipinski definition) is 2. The van der Waals surface area contributed by atoms with Gasteiger partial charge in [-0.1, -0.05) is 0 Å². The number of nitrogens with one attached hydrogen (secondary N) is 1. The first-order chi connectivity index (χ1) is 6.79. The summed E-state index contributed by atoms with van der Waals surface area (Å²) in [7, 11) is 5.93. The summed E-state index contributed by atoms with van der Waals surface area (Å²) in [6.45, 7) is 0.998. The number of carbonyl (C=O) groups excluding carboxylic acids is 1. The molecule has 1 saturated heterocycles. The van der Waals surface area contributed by atoms with Crippen LogP contribution in [0.15, 0.2) is 0 Å².